The maximum absolute atomic E-state index is 14.2. The van der Waals surface area contributed by atoms with Gasteiger partial charge < -0.3 is 14.6 Å². The third kappa shape index (κ3) is 2.29. The van der Waals surface area contributed by atoms with Crippen LogP contribution in [0.15, 0.2) is 18.2 Å². The molecule has 1 aromatic carbocycles. The number of carboxylic acid groups (broad SMARTS) is 1. The van der Waals surface area contributed by atoms with Gasteiger partial charge in [-0.05, 0) is 6.07 Å². The van der Waals surface area contributed by atoms with Crippen molar-refractivity contribution in [1.82, 2.24) is 9.78 Å². The minimum Gasteiger partial charge on any atom is -0.497 e. The number of carboxylic acids is 1. The Hall–Kier alpha value is -2.57. The predicted molar refractivity (Wildman–Crippen MR) is 68.7 cm³/mol. The molecule has 6 nitrogen and oxygen atoms in total. The highest BCUT2D eigenvalue weighted by Crippen LogP contribution is 2.36. The maximum atomic E-state index is 14.2. The Labute approximate surface area is 114 Å². The molecule has 0 aliphatic rings. The summed E-state index contributed by atoms with van der Waals surface area (Å²) in [7, 11) is 4.34. The predicted octanol–water partition coefficient (Wildman–Crippen LogP) is 1.94. The van der Waals surface area contributed by atoms with E-state index in [9.17, 15) is 9.18 Å². The molecule has 2 aromatic rings. The Morgan fingerprint density at radius 2 is 2.00 bits per heavy atom. The van der Waals surface area contributed by atoms with Gasteiger partial charge in [-0.2, -0.15) is 5.10 Å². The number of aromatic nitrogens is 2. The monoisotopic (exact) mass is 280 g/mol. The van der Waals surface area contributed by atoms with Crippen molar-refractivity contribution < 1.29 is 23.8 Å². The van der Waals surface area contributed by atoms with E-state index in [1.165, 1.54) is 44.1 Å². The number of nitrogens with zero attached hydrogens (tertiary/aromatic N) is 2. The minimum atomic E-state index is -1.18. The number of hydrogen-bond donors (Lipinski definition) is 1. The van der Waals surface area contributed by atoms with Gasteiger partial charge in [-0.25, -0.2) is 9.18 Å². The topological polar surface area (TPSA) is 73.6 Å². The van der Waals surface area contributed by atoms with Crippen LogP contribution in [0.2, 0.25) is 0 Å². The van der Waals surface area contributed by atoms with Crippen LogP contribution < -0.4 is 9.47 Å². The number of hydrogen-bond acceptors (Lipinski definition) is 4. The Kier molecular flexibility index (Phi) is 3.60. The first-order valence-corrected chi connectivity index (χ1v) is 5.67. The summed E-state index contributed by atoms with van der Waals surface area (Å²) in [4.78, 5) is 10.9. The molecule has 0 saturated carbocycles. The van der Waals surface area contributed by atoms with Gasteiger partial charge in [0, 0.05) is 19.2 Å². The van der Waals surface area contributed by atoms with Gasteiger partial charge in [0.25, 0.3) is 0 Å². The molecule has 1 heterocycles. The van der Waals surface area contributed by atoms with Crippen molar-refractivity contribution in [3.63, 3.8) is 0 Å². The summed E-state index contributed by atoms with van der Waals surface area (Å²) in [6.45, 7) is 0. The van der Waals surface area contributed by atoms with Crippen LogP contribution >= 0.6 is 0 Å². The summed E-state index contributed by atoms with van der Waals surface area (Å²) in [5.74, 6) is -1.22. The summed E-state index contributed by atoms with van der Waals surface area (Å²) >= 11 is 0. The van der Waals surface area contributed by atoms with Crippen LogP contribution in [0.3, 0.4) is 0 Å². The molecule has 0 spiro atoms. The van der Waals surface area contributed by atoms with Crippen molar-refractivity contribution in [2.24, 2.45) is 7.05 Å². The van der Waals surface area contributed by atoms with Gasteiger partial charge in [-0.15, -0.1) is 0 Å². The molecule has 7 heteroatoms. The summed E-state index contributed by atoms with van der Waals surface area (Å²) < 4.78 is 25.6. The minimum absolute atomic E-state index is 0.135. The summed E-state index contributed by atoms with van der Waals surface area (Å²) in [5.41, 5.74) is 0.273. The maximum Gasteiger partial charge on any atom is 0.356 e. The highest BCUT2D eigenvalue weighted by molar-refractivity contribution is 5.87. The molecule has 1 N–H and O–H groups in total. The lowest BCUT2D eigenvalue weighted by Gasteiger charge is -2.11. The molecule has 0 saturated heterocycles. The van der Waals surface area contributed by atoms with E-state index in [0.717, 1.165) is 0 Å². The van der Waals surface area contributed by atoms with Gasteiger partial charge in [0.1, 0.15) is 17.3 Å². The van der Waals surface area contributed by atoms with Gasteiger partial charge in [0.15, 0.2) is 5.69 Å². The number of aryl methyl sites for hydroxylation is 1. The Bertz CT molecular complexity index is 667. The van der Waals surface area contributed by atoms with Crippen molar-refractivity contribution in [3.05, 3.63) is 29.7 Å². The molecule has 0 amide bonds. The smallest absolute Gasteiger partial charge is 0.356 e. The largest absolute Gasteiger partial charge is 0.497 e. The first-order chi connectivity index (χ1) is 9.47. The molecule has 0 radical (unpaired) electrons. The van der Waals surface area contributed by atoms with E-state index in [-0.39, 0.29) is 17.0 Å². The van der Waals surface area contributed by atoms with Crippen LogP contribution in [0.5, 0.6) is 11.5 Å². The molecule has 0 fully saturated rings. The van der Waals surface area contributed by atoms with Crippen molar-refractivity contribution in [2.75, 3.05) is 14.2 Å². The van der Waals surface area contributed by atoms with Crippen LogP contribution in [0.4, 0.5) is 4.39 Å². The van der Waals surface area contributed by atoms with Crippen LogP contribution in [0.25, 0.3) is 11.3 Å². The van der Waals surface area contributed by atoms with Gasteiger partial charge >= 0.3 is 5.97 Å². The van der Waals surface area contributed by atoms with E-state index in [4.69, 9.17) is 14.6 Å². The van der Waals surface area contributed by atoms with Crippen molar-refractivity contribution in [2.45, 2.75) is 0 Å². The molecule has 0 atom stereocenters. The number of halogens is 1. The number of methoxy groups -OCH3 is 2. The summed E-state index contributed by atoms with van der Waals surface area (Å²) in [6, 6.07) is 4.01. The number of benzene rings is 1. The molecule has 0 unspecified atom stereocenters. The third-order valence-corrected chi connectivity index (χ3v) is 2.84. The molecule has 0 bridgehead atoms. The fraction of sp³-hybridized carbons (Fsp3) is 0.231. The second kappa shape index (κ2) is 5.20. The zero-order chi connectivity index (χ0) is 14.9. The second-order valence-corrected chi connectivity index (χ2v) is 4.03. The molecule has 106 valence electrons. The highest BCUT2D eigenvalue weighted by atomic mass is 19.1. The van der Waals surface area contributed by atoms with Crippen molar-refractivity contribution >= 4 is 5.97 Å². The van der Waals surface area contributed by atoms with E-state index >= 15 is 0 Å². The lowest BCUT2D eigenvalue weighted by molar-refractivity contribution is 0.0689. The standard InChI is InChI=1S/C13H13FN2O4/c1-16-10(6-9(15-16)13(17)18)12-8(14)4-7(19-2)5-11(12)20-3/h4-6H,1-3H3,(H,17,18). The quantitative estimate of drug-likeness (QED) is 0.926. The second-order valence-electron chi connectivity index (χ2n) is 4.03. The average molecular weight is 280 g/mol. The van der Waals surface area contributed by atoms with Crippen molar-refractivity contribution in [3.8, 4) is 22.8 Å². The van der Waals surface area contributed by atoms with Crippen LogP contribution in [-0.2, 0) is 7.05 Å². The number of rotatable bonds is 4. The average Bonchev–Trinajstić information content (AvgIpc) is 2.79. The molecule has 1 aromatic heterocycles. The molecule has 0 aliphatic carbocycles. The Balaban J connectivity index is 2.65. The lowest BCUT2D eigenvalue weighted by atomic mass is 10.1. The highest BCUT2D eigenvalue weighted by Gasteiger charge is 2.20. The molecule has 20 heavy (non-hydrogen) atoms. The zero-order valence-corrected chi connectivity index (χ0v) is 11.2. The first-order valence-electron chi connectivity index (χ1n) is 5.67. The number of carbonyl (C=O) groups is 1. The van der Waals surface area contributed by atoms with E-state index in [1.54, 1.807) is 0 Å². The van der Waals surface area contributed by atoms with Crippen molar-refractivity contribution in [1.29, 1.82) is 0 Å². The molecule has 2 rings (SSSR count). The van der Waals surface area contributed by atoms with Gasteiger partial charge in [0.05, 0.1) is 25.5 Å². The fourth-order valence-corrected chi connectivity index (χ4v) is 1.89. The first kappa shape index (κ1) is 13.9. The SMILES string of the molecule is COc1cc(F)c(-c2cc(C(=O)O)nn2C)c(OC)c1. The Morgan fingerprint density at radius 3 is 2.50 bits per heavy atom. The van der Waals surface area contributed by atoms with Crippen LogP contribution in [0, 0.1) is 5.82 Å². The van der Waals surface area contributed by atoms with Crippen LogP contribution in [-0.4, -0.2) is 35.1 Å². The van der Waals surface area contributed by atoms with Gasteiger partial charge in [-0.3, -0.25) is 4.68 Å². The Morgan fingerprint density at radius 1 is 1.30 bits per heavy atom. The fourth-order valence-electron chi connectivity index (χ4n) is 1.89. The van der Waals surface area contributed by atoms with E-state index in [1.807, 2.05) is 0 Å². The van der Waals surface area contributed by atoms with E-state index in [0.29, 0.717) is 11.4 Å². The number of aromatic carboxylic acids is 1. The molecule has 0 aliphatic heterocycles. The van der Waals surface area contributed by atoms with E-state index in [2.05, 4.69) is 5.10 Å². The van der Waals surface area contributed by atoms with Gasteiger partial charge in [-0.1, -0.05) is 0 Å². The third-order valence-electron chi connectivity index (χ3n) is 2.84. The molecular weight excluding hydrogens is 267 g/mol. The molecular formula is C13H13FN2O4. The summed E-state index contributed by atoms with van der Waals surface area (Å²) in [5, 5.41) is 12.7. The number of ether oxygens (including phenoxy) is 2. The lowest BCUT2D eigenvalue weighted by Crippen LogP contribution is -2.00. The van der Waals surface area contributed by atoms with Gasteiger partial charge in [0.2, 0.25) is 0 Å². The van der Waals surface area contributed by atoms with E-state index < -0.39 is 11.8 Å². The zero-order valence-electron chi connectivity index (χ0n) is 11.2. The van der Waals surface area contributed by atoms with Crippen LogP contribution in [0.1, 0.15) is 10.5 Å². The summed E-state index contributed by atoms with van der Waals surface area (Å²) in [6.07, 6.45) is 0. The normalized spacial score (nSPS) is 10.4.